The number of hydrogen-bond donors (Lipinski definition) is 3. The Morgan fingerprint density at radius 2 is 2.00 bits per heavy atom. The van der Waals surface area contributed by atoms with E-state index in [9.17, 15) is 9.90 Å². The van der Waals surface area contributed by atoms with Gasteiger partial charge in [-0.05, 0) is 24.7 Å². The van der Waals surface area contributed by atoms with Gasteiger partial charge in [0.2, 0.25) is 0 Å². The third kappa shape index (κ3) is 3.96. The Bertz CT molecular complexity index is 405. The molecule has 3 N–H and O–H groups in total. The van der Waals surface area contributed by atoms with Gasteiger partial charge in [0.1, 0.15) is 0 Å². The second-order valence-electron chi connectivity index (χ2n) is 4.26. The monoisotopic (exact) mass is 239 g/mol. The van der Waals surface area contributed by atoms with Crippen LogP contribution in [-0.4, -0.2) is 39.8 Å². The molecule has 5 heteroatoms. The maximum atomic E-state index is 10.7. The average molecular weight is 239 g/mol. The second kappa shape index (κ2) is 5.54. The number of phenols is 2. The number of rotatable bonds is 5. The molecule has 0 aliphatic carbocycles. The van der Waals surface area contributed by atoms with E-state index in [2.05, 4.69) is 0 Å². The SMILES string of the molecule is CC(CN(C)Cc1ccc(O)c(O)c1)C(=O)O. The van der Waals surface area contributed by atoms with Crippen molar-refractivity contribution in [2.24, 2.45) is 5.92 Å². The van der Waals surface area contributed by atoms with E-state index in [1.807, 2.05) is 11.9 Å². The minimum absolute atomic E-state index is 0.157. The molecule has 0 spiro atoms. The quantitative estimate of drug-likeness (QED) is 0.674. The standard InChI is InChI=1S/C12H17NO4/c1-8(12(16)17)6-13(2)7-9-3-4-10(14)11(15)5-9/h3-5,8,14-15H,6-7H2,1-2H3,(H,16,17). The third-order valence-electron chi connectivity index (χ3n) is 2.50. The Morgan fingerprint density at radius 1 is 1.35 bits per heavy atom. The summed E-state index contributed by atoms with van der Waals surface area (Å²) in [6.45, 7) is 2.59. The van der Waals surface area contributed by atoms with Crippen LogP contribution in [0.3, 0.4) is 0 Å². The lowest BCUT2D eigenvalue weighted by molar-refractivity contribution is -0.141. The first-order chi connectivity index (χ1) is 7.90. The summed E-state index contributed by atoms with van der Waals surface area (Å²) in [5.41, 5.74) is 0.820. The van der Waals surface area contributed by atoms with Gasteiger partial charge in [0, 0.05) is 13.1 Å². The summed E-state index contributed by atoms with van der Waals surface area (Å²) in [5, 5.41) is 27.3. The fraction of sp³-hybridized carbons (Fsp3) is 0.417. The molecule has 0 saturated carbocycles. The van der Waals surface area contributed by atoms with Crippen molar-refractivity contribution in [3.63, 3.8) is 0 Å². The summed E-state index contributed by atoms with van der Waals surface area (Å²) in [4.78, 5) is 12.5. The van der Waals surface area contributed by atoms with Crippen molar-refractivity contribution in [2.45, 2.75) is 13.5 Å². The van der Waals surface area contributed by atoms with Crippen molar-refractivity contribution in [3.05, 3.63) is 23.8 Å². The van der Waals surface area contributed by atoms with Crippen LogP contribution >= 0.6 is 0 Å². The topological polar surface area (TPSA) is 81.0 Å². The zero-order chi connectivity index (χ0) is 13.0. The van der Waals surface area contributed by atoms with Gasteiger partial charge in [-0.1, -0.05) is 13.0 Å². The number of carbonyl (C=O) groups is 1. The summed E-state index contributed by atoms with van der Waals surface area (Å²) < 4.78 is 0. The van der Waals surface area contributed by atoms with Gasteiger partial charge in [-0.3, -0.25) is 4.79 Å². The average Bonchev–Trinajstić information content (AvgIpc) is 2.23. The number of nitrogens with zero attached hydrogens (tertiary/aromatic N) is 1. The summed E-state index contributed by atoms with van der Waals surface area (Å²) in [5.74, 6) is -1.59. The number of hydrogen-bond acceptors (Lipinski definition) is 4. The molecule has 0 aliphatic rings. The fourth-order valence-electron chi connectivity index (χ4n) is 1.59. The highest BCUT2D eigenvalue weighted by molar-refractivity contribution is 5.69. The predicted octanol–water partition coefficient (Wildman–Crippen LogP) is 1.25. The van der Waals surface area contributed by atoms with E-state index in [0.29, 0.717) is 13.1 Å². The smallest absolute Gasteiger partial charge is 0.307 e. The lowest BCUT2D eigenvalue weighted by atomic mass is 10.1. The molecule has 0 radical (unpaired) electrons. The number of carboxylic acid groups (broad SMARTS) is 1. The van der Waals surface area contributed by atoms with Gasteiger partial charge in [0.25, 0.3) is 0 Å². The largest absolute Gasteiger partial charge is 0.504 e. The van der Waals surface area contributed by atoms with Gasteiger partial charge in [-0.2, -0.15) is 0 Å². The first kappa shape index (κ1) is 13.3. The molecule has 0 saturated heterocycles. The van der Waals surface area contributed by atoms with Crippen LogP contribution in [0.25, 0.3) is 0 Å². The van der Waals surface area contributed by atoms with E-state index >= 15 is 0 Å². The number of aliphatic carboxylic acids is 1. The molecule has 0 aliphatic heterocycles. The van der Waals surface area contributed by atoms with Gasteiger partial charge in [0.05, 0.1) is 5.92 Å². The molecule has 94 valence electrons. The van der Waals surface area contributed by atoms with Crippen molar-refractivity contribution in [1.82, 2.24) is 4.90 Å². The van der Waals surface area contributed by atoms with Crippen LogP contribution in [0.1, 0.15) is 12.5 Å². The van der Waals surface area contributed by atoms with Gasteiger partial charge in [-0.15, -0.1) is 0 Å². The summed E-state index contributed by atoms with van der Waals surface area (Å²) in [6, 6.07) is 4.58. The number of benzene rings is 1. The zero-order valence-corrected chi connectivity index (χ0v) is 9.92. The summed E-state index contributed by atoms with van der Waals surface area (Å²) in [6.07, 6.45) is 0. The number of phenolic OH excluding ortho intramolecular Hbond substituents is 2. The lowest BCUT2D eigenvalue weighted by Crippen LogP contribution is -2.28. The molecular formula is C12H17NO4. The molecule has 17 heavy (non-hydrogen) atoms. The van der Waals surface area contributed by atoms with Gasteiger partial charge >= 0.3 is 5.97 Å². The van der Waals surface area contributed by atoms with Crippen LogP contribution in [0.2, 0.25) is 0 Å². The van der Waals surface area contributed by atoms with E-state index < -0.39 is 11.9 Å². The molecule has 0 fully saturated rings. The molecule has 0 aromatic heterocycles. The number of aromatic hydroxyl groups is 2. The van der Waals surface area contributed by atoms with E-state index in [1.165, 1.54) is 12.1 Å². The molecule has 1 rings (SSSR count). The molecule has 1 aromatic rings. The summed E-state index contributed by atoms with van der Waals surface area (Å²) in [7, 11) is 1.81. The normalized spacial score (nSPS) is 12.6. The van der Waals surface area contributed by atoms with Gasteiger partial charge < -0.3 is 20.2 Å². The Hall–Kier alpha value is -1.75. The summed E-state index contributed by atoms with van der Waals surface area (Å²) >= 11 is 0. The first-order valence-corrected chi connectivity index (χ1v) is 5.32. The van der Waals surface area contributed by atoms with Crippen LogP contribution in [0.15, 0.2) is 18.2 Å². The van der Waals surface area contributed by atoms with Crippen LogP contribution in [0, 0.1) is 5.92 Å². The van der Waals surface area contributed by atoms with Gasteiger partial charge in [0.15, 0.2) is 11.5 Å². The highest BCUT2D eigenvalue weighted by Crippen LogP contribution is 2.25. The highest BCUT2D eigenvalue weighted by Gasteiger charge is 2.13. The van der Waals surface area contributed by atoms with Crippen LogP contribution < -0.4 is 0 Å². The van der Waals surface area contributed by atoms with E-state index in [1.54, 1.807) is 13.0 Å². The minimum atomic E-state index is -0.828. The van der Waals surface area contributed by atoms with Crippen molar-refractivity contribution < 1.29 is 20.1 Å². The Balaban J connectivity index is 2.58. The van der Waals surface area contributed by atoms with E-state index in [0.717, 1.165) is 5.56 Å². The van der Waals surface area contributed by atoms with Crippen LogP contribution in [0.5, 0.6) is 11.5 Å². The van der Waals surface area contributed by atoms with Crippen molar-refractivity contribution in [3.8, 4) is 11.5 Å². The van der Waals surface area contributed by atoms with Gasteiger partial charge in [-0.25, -0.2) is 0 Å². The van der Waals surface area contributed by atoms with Crippen LogP contribution in [-0.2, 0) is 11.3 Å². The van der Waals surface area contributed by atoms with Crippen molar-refractivity contribution in [2.75, 3.05) is 13.6 Å². The fourth-order valence-corrected chi connectivity index (χ4v) is 1.59. The maximum absolute atomic E-state index is 10.7. The molecule has 0 amide bonds. The maximum Gasteiger partial charge on any atom is 0.307 e. The van der Waals surface area contributed by atoms with Crippen molar-refractivity contribution in [1.29, 1.82) is 0 Å². The molecule has 5 nitrogen and oxygen atoms in total. The highest BCUT2D eigenvalue weighted by atomic mass is 16.4. The minimum Gasteiger partial charge on any atom is -0.504 e. The predicted molar refractivity (Wildman–Crippen MR) is 62.9 cm³/mol. The van der Waals surface area contributed by atoms with E-state index in [-0.39, 0.29) is 11.5 Å². The Labute approximate surface area is 99.9 Å². The van der Waals surface area contributed by atoms with Crippen molar-refractivity contribution >= 4 is 5.97 Å². The van der Waals surface area contributed by atoms with Crippen LogP contribution in [0.4, 0.5) is 0 Å². The molecule has 1 aromatic carbocycles. The zero-order valence-electron chi connectivity index (χ0n) is 9.92. The molecular weight excluding hydrogens is 222 g/mol. The first-order valence-electron chi connectivity index (χ1n) is 5.32. The van der Waals surface area contributed by atoms with E-state index in [4.69, 9.17) is 10.2 Å². The second-order valence-corrected chi connectivity index (χ2v) is 4.26. The Kier molecular flexibility index (Phi) is 4.34. The molecule has 1 atom stereocenters. The Morgan fingerprint density at radius 3 is 2.53 bits per heavy atom. The molecule has 1 unspecified atom stereocenters. The molecule has 0 heterocycles. The number of carboxylic acids is 1. The lowest BCUT2D eigenvalue weighted by Gasteiger charge is -2.19. The third-order valence-corrected chi connectivity index (χ3v) is 2.50. The molecule has 0 bridgehead atoms.